The monoisotopic (exact) mass is 276 g/mol. The summed E-state index contributed by atoms with van der Waals surface area (Å²) < 4.78 is 39.3. The van der Waals surface area contributed by atoms with Gasteiger partial charge in [0, 0.05) is 36.2 Å². The average molecular weight is 276 g/mol. The van der Waals surface area contributed by atoms with Crippen LogP contribution >= 0.6 is 0 Å². The number of aryl methyl sites for hydroxylation is 1. The van der Waals surface area contributed by atoms with Crippen LogP contribution in [0.2, 0.25) is 0 Å². The molecule has 0 aliphatic carbocycles. The first-order valence-electron chi connectivity index (χ1n) is 4.84. The summed E-state index contributed by atoms with van der Waals surface area (Å²) in [5.74, 6) is 0.813. The second kappa shape index (κ2) is 6.43. The third-order valence-electron chi connectivity index (χ3n) is 2.05. The van der Waals surface area contributed by atoms with E-state index in [9.17, 15) is 0 Å². The van der Waals surface area contributed by atoms with Gasteiger partial charge in [0.05, 0.1) is 12.8 Å². The minimum Gasteiger partial charge on any atom is -0.759 e. The SMILES string of the molecule is COc1cc(N)c(C)cc1N(C)C.O=S(=O)([O-])[O-]. The van der Waals surface area contributed by atoms with Crippen molar-refractivity contribution in [1.29, 1.82) is 0 Å². The molecule has 8 heteroatoms. The molecule has 1 aromatic carbocycles. The van der Waals surface area contributed by atoms with Gasteiger partial charge in [-0.25, -0.2) is 0 Å². The van der Waals surface area contributed by atoms with Gasteiger partial charge >= 0.3 is 0 Å². The molecule has 0 saturated heterocycles. The molecule has 1 aromatic rings. The molecule has 104 valence electrons. The number of benzene rings is 1. The van der Waals surface area contributed by atoms with Crippen molar-refractivity contribution in [2.45, 2.75) is 6.92 Å². The number of ether oxygens (including phenoxy) is 1. The van der Waals surface area contributed by atoms with Gasteiger partial charge < -0.3 is 24.5 Å². The zero-order valence-electron chi connectivity index (χ0n) is 10.6. The number of hydrogen-bond acceptors (Lipinski definition) is 7. The second-order valence-corrected chi connectivity index (χ2v) is 4.50. The normalized spacial score (nSPS) is 10.3. The summed E-state index contributed by atoms with van der Waals surface area (Å²) in [7, 11) is 0.443. The van der Waals surface area contributed by atoms with Crippen LogP contribution in [0, 0.1) is 6.92 Å². The minimum atomic E-state index is -5.17. The highest BCUT2D eigenvalue weighted by atomic mass is 32.3. The Morgan fingerprint density at radius 3 is 2.06 bits per heavy atom. The summed E-state index contributed by atoms with van der Waals surface area (Å²) in [4.78, 5) is 2.01. The van der Waals surface area contributed by atoms with Gasteiger partial charge in [0.15, 0.2) is 0 Å². The summed E-state index contributed by atoms with van der Waals surface area (Å²) in [6.45, 7) is 1.99. The molecule has 0 aromatic heterocycles. The molecule has 0 fully saturated rings. The molecule has 0 aliphatic rings. The largest absolute Gasteiger partial charge is 0.759 e. The van der Waals surface area contributed by atoms with Gasteiger partial charge in [-0.2, -0.15) is 0 Å². The lowest BCUT2D eigenvalue weighted by Crippen LogP contribution is -2.10. The highest BCUT2D eigenvalue weighted by Gasteiger charge is 2.07. The summed E-state index contributed by atoms with van der Waals surface area (Å²) >= 11 is 0. The van der Waals surface area contributed by atoms with Crippen LogP contribution in [-0.2, 0) is 10.4 Å². The van der Waals surface area contributed by atoms with Gasteiger partial charge in [0.25, 0.3) is 0 Å². The second-order valence-electron chi connectivity index (χ2n) is 3.68. The first-order chi connectivity index (χ1) is 8.06. The third kappa shape index (κ3) is 6.28. The molecule has 0 heterocycles. The molecule has 7 nitrogen and oxygen atoms in total. The fourth-order valence-electron chi connectivity index (χ4n) is 1.20. The Bertz CT molecular complexity index is 491. The lowest BCUT2D eigenvalue weighted by Gasteiger charge is -2.18. The molecule has 18 heavy (non-hydrogen) atoms. The standard InChI is InChI=1S/C10H16N2O.H2O4S/c1-7-5-9(12(2)3)10(13-4)6-8(7)11;1-5(2,3)4/h5-6H,11H2,1-4H3;(H2,1,2,3,4)/p-2. The predicted octanol–water partition coefficient (Wildman–Crippen LogP) is 0.314. The third-order valence-corrected chi connectivity index (χ3v) is 2.05. The molecule has 0 aliphatic heterocycles. The first kappa shape index (κ1) is 16.5. The van der Waals surface area contributed by atoms with Crippen LogP contribution < -0.4 is 15.4 Å². The Morgan fingerprint density at radius 2 is 1.72 bits per heavy atom. The topological polar surface area (TPSA) is 119 Å². The zero-order chi connectivity index (χ0) is 14.5. The molecular weight excluding hydrogens is 260 g/mol. The van der Waals surface area contributed by atoms with Crippen molar-refractivity contribution in [1.82, 2.24) is 0 Å². The quantitative estimate of drug-likeness (QED) is 0.469. The van der Waals surface area contributed by atoms with E-state index in [1.807, 2.05) is 38.1 Å². The number of nitrogen functional groups attached to an aromatic ring is 1. The average Bonchev–Trinajstić information content (AvgIpc) is 2.18. The van der Waals surface area contributed by atoms with Crippen molar-refractivity contribution in [3.05, 3.63) is 17.7 Å². The lowest BCUT2D eigenvalue weighted by molar-refractivity contribution is 0.352. The lowest BCUT2D eigenvalue weighted by atomic mass is 10.1. The summed E-state index contributed by atoms with van der Waals surface area (Å²) in [5, 5.41) is 0. The smallest absolute Gasteiger partial charge is 0.144 e. The van der Waals surface area contributed by atoms with Crippen molar-refractivity contribution < 1.29 is 22.3 Å². The number of nitrogens with two attached hydrogens (primary N) is 1. The molecule has 0 radical (unpaired) electrons. The van der Waals surface area contributed by atoms with E-state index in [2.05, 4.69) is 0 Å². The van der Waals surface area contributed by atoms with Crippen LogP contribution in [-0.4, -0.2) is 38.7 Å². The number of anilines is 2. The van der Waals surface area contributed by atoms with E-state index >= 15 is 0 Å². The molecule has 0 amide bonds. The van der Waals surface area contributed by atoms with Crippen molar-refractivity contribution in [2.24, 2.45) is 0 Å². The van der Waals surface area contributed by atoms with Gasteiger partial charge in [-0.3, -0.25) is 8.42 Å². The van der Waals surface area contributed by atoms with Crippen LogP contribution in [0.15, 0.2) is 12.1 Å². The van der Waals surface area contributed by atoms with Crippen LogP contribution in [0.4, 0.5) is 11.4 Å². The van der Waals surface area contributed by atoms with Crippen LogP contribution in [0.25, 0.3) is 0 Å². The maximum atomic E-state index is 8.52. The van der Waals surface area contributed by atoms with Gasteiger partial charge in [-0.1, -0.05) is 0 Å². The molecule has 0 atom stereocenters. The van der Waals surface area contributed by atoms with Crippen molar-refractivity contribution in [3.8, 4) is 5.75 Å². The Morgan fingerprint density at radius 1 is 1.28 bits per heavy atom. The number of hydrogen-bond donors (Lipinski definition) is 1. The van der Waals surface area contributed by atoms with Crippen LogP contribution in [0.5, 0.6) is 5.75 Å². The van der Waals surface area contributed by atoms with Gasteiger partial charge in [-0.15, -0.1) is 0 Å². The van der Waals surface area contributed by atoms with E-state index in [-0.39, 0.29) is 0 Å². The number of methoxy groups -OCH3 is 1. The Kier molecular flexibility index (Phi) is 5.89. The summed E-state index contributed by atoms with van der Waals surface area (Å²) in [6, 6.07) is 3.87. The summed E-state index contributed by atoms with van der Waals surface area (Å²) in [5.41, 5.74) is 8.66. The maximum Gasteiger partial charge on any atom is 0.144 e. The van der Waals surface area contributed by atoms with E-state index in [0.29, 0.717) is 0 Å². The van der Waals surface area contributed by atoms with E-state index in [0.717, 1.165) is 22.7 Å². The molecule has 0 bridgehead atoms. The van der Waals surface area contributed by atoms with E-state index in [1.54, 1.807) is 7.11 Å². The predicted molar refractivity (Wildman–Crippen MR) is 66.9 cm³/mol. The van der Waals surface area contributed by atoms with E-state index < -0.39 is 10.4 Å². The fourth-order valence-corrected chi connectivity index (χ4v) is 1.20. The van der Waals surface area contributed by atoms with Crippen LogP contribution in [0.3, 0.4) is 0 Å². The molecule has 0 spiro atoms. The van der Waals surface area contributed by atoms with Crippen LogP contribution in [0.1, 0.15) is 5.56 Å². The highest BCUT2D eigenvalue weighted by Crippen LogP contribution is 2.31. The number of nitrogens with zero attached hydrogens (tertiary/aromatic N) is 1. The van der Waals surface area contributed by atoms with E-state index in [1.165, 1.54) is 0 Å². The maximum absolute atomic E-state index is 8.52. The van der Waals surface area contributed by atoms with Crippen molar-refractivity contribution >= 4 is 21.8 Å². The van der Waals surface area contributed by atoms with Crippen molar-refractivity contribution in [3.63, 3.8) is 0 Å². The molecule has 1 rings (SSSR count). The Balaban J connectivity index is 0.000000494. The minimum absolute atomic E-state index is 0.766. The van der Waals surface area contributed by atoms with Gasteiger partial charge in [0.1, 0.15) is 5.75 Å². The molecule has 2 N–H and O–H groups in total. The molecular formula is C10H16N2O5S-2. The number of rotatable bonds is 2. The molecule has 0 saturated carbocycles. The summed E-state index contributed by atoms with van der Waals surface area (Å²) in [6.07, 6.45) is 0. The van der Waals surface area contributed by atoms with Crippen molar-refractivity contribution in [2.75, 3.05) is 31.8 Å². The van der Waals surface area contributed by atoms with Gasteiger partial charge in [0.2, 0.25) is 0 Å². The zero-order valence-corrected chi connectivity index (χ0v) is 11.4. The Labute approximate surface area is 107 Å². The Hall–Kier alpha value is -1.51. The first-order valence-corrected chi connectivity index (χ1v) is 6.17. The molecule has 0 unspecified atom stereocenters. The van der Waals surface area contributed by atoms with E-state index in [4.69, 9.17) is 28.0 Å². The van der Waals surface area contributed by atoms with Gasteiger partial charge in [-0.05, 0) is 18.6 Å². The highest BCUT2D eigenvalue weighted by molar-refractivity contribution is 7.79. The fraction of sp³-hybridized carbons (Fsp3) is 0.400.